The van der Waals surface area contributed by atoms with Crippen LogP contribution >= 0.6 is 0 Å². The Kier molecular flexibility index (Phi) is 6.67. The summed E-state index contributed by atoms with van der Waals surface area (Å²) in [5.41, 5.74) is 1.75. The maximum Gasteiger partial charge on any atom is 0.333 e. The van der Waals surface area contributed by atoms with Crippen LogP contribution in [0, 0.1) is 0 Å². The fraction of sp³-hybridized carbons (Fsp3) is 0.143. The molecule has 0 saturated carbocycles. The van der Waals surface area contributed by atoms with E-state index in [-0.39, 0.29) is 17.7 Å². The molecular formula is C28H25N5O4. The Labute approximate surface area is 212 Å². The molecule has 0 fully saturated rings. The zero-order valence-electron chi connectivity index (χ0n) is 20.2. The molecule has 0 aliphatic heterocycles. The van der Waals surface area contributed by atoms with Gasteiger partial charge >= 0.3 is 5.69 Å². The number of hydrogen-bond donors (Lipinski definition) is 1. The van der Waals surface area contributed by atoms with Gasteiger partial charge in [-0.05, 0) is 35.4 Å². The fourth-order valence-corrected chi connectivity index (χ4v) is 4.21. The first-order valence-electron chi connectivity index (χ1n) is 11.7. The highest BCUT2D eigenvalue weighted by molar-refractivity contribution is 5.90. The normalized spacial score (nSPS) is 10.9. The number of nitrogens with zero attached hydrogens (tertiary/aromatic N) is 4. The van der Waals surface area contributed by atoms with Gasteiger partial charge in [-0.1, -0.05) is 60.7 Å². The number of imidazole rings is 1. The van der Waals surface area contributed by atoms with Crippen molar-refractivity contribution in [1.29, 1.82) is 0 Å². The highest BCUT2D eigenvalue weighted by Gasteiger charge is 2.20. The minimum absolute atomic E-state index is 0.207. The van der Waals surface area contributed by atoms with Crippen LogP contribution in [0.1, 0.15) is 11.1 Å². The average molecular weight is 496 g/mol. The van der Waals surface area contributed by atoms with Gasteiger partial charge in [0.2, 0.25) is 5.91 Å². The Morgan fingerprint density at radius 1 is 0.838 bits per heavy atom. The number of rotatable bonds is 8. The van der Waals surface area contributed by atoms with Gasteiger partial charge in [0.1, 0.15) is 12.3 Å². The molecule has 186 valence electrons. The molecule has 5 rings (SSSR count). The van der Waals surface area contributed by atoms with Crippen molar-refractivity contribution < 1.29 is 9.53 Å². The number of ether oxygens (including phenoxy) is 1. The van der Waals surface area contributed by atoms with Crippen LogP contribution < -0.4 is 21.3 Å². The first-order valence-corrected chi connectivity index (χ1v) is 11.7. The van der Waals surface area contributed by atoms with Gasteiger partial charge < -0.3 is 14.6 Å². The second-order valence-corrected chi connectivity index (χ2v) is 8.55. The zero-order valence-corrected chi connectivity index (χ0v) is 20.2. The van der Waals surface area contributed by atoms with Gasteiger partial charge in [0.25, 0.3) is 5.56 Å². The van der Waals surface area contributed by atoms with E-state index in [9.17, 15) is 14.4 Å². The molecule has 0 unspecified atom stereocenters. The Morgan fingerprint density at radius 2 is 1.46 bits per heavy atom. The third kappa shape index (κ3) is 5.06. The molecule has 1 N–H and O–H groups in total. The Balaban J connectivity index is 1.56. The van der Waals surface area contributed by atoms with Gasteiger partial charge in [0.05, 0.1) is 20.0 Å². The third-order valence-corrected chi connectivity index (χ3v) is 6.04. The van der Waals surface area contributed by atoms with E-state index in [1.54, 1.807) is 42.3 Å². The van der Waals surface area contributed by atoms with Crippen LogP contribution in [0.4, 0.5) is 5.69 Å². The number of aromatic nitrogens is 4. The van der Waals surface area contributed by atoms with Gasteiger partial charge in [0.15, 0.2) is 11.2 Å². The van der Waals surface area contributed by atoms with Crippen molar-refractivity contribution in [3.63, 3.8) is 0 Å². The summed E-state index contributed by atoms with van der Waals surface area (Å²) in [5, 5.41) is 2.74. The van der Waals surface area contributed by atoms with Crippen LogP contribution in [0.3, 0.4) is 0 Å². The summed E-state index contributed by atoms with van der Waals surface area (Å²) in [4.78, 5) is 44.4. The lowest BCUT2D eigenvalue weighted by Gasteiger charge is -2.13. The molecule has 9 nitrogen and oxygen atoms in total. The molecule has 0 radical (unpaired) electrons. The van der Waals surface area contributed by atoms with Gasteiger partial charge in [-0.25, -0.2) is 14.3 Å². The zero-order chi connectivity index (χ0) is 25.8. The molecular weight excluding hydrogens is 470 g/mol. The minimum atomic E-state index is -0.601. The predicted molar refractivity (Wildman–Crippen MR) is 141 cm³/mol. The van der Waals surface area contributed by atoms with Crippen molar-refractivity contribution >= 4 is 22.8 Å². The van der Waals surface area contributed by atoms with Crippen molar-refractivity contribution in [2.75, 3.05) is 12.4 Å². The molecule has 0 bridgehead atoms. The molecule has 9 heteroatoms. The van der Waals surface area contributed by atoms with E-state index in [2.05, 4.69) is 10.3 Å². The summed E-state index contributed by atoms with van der Waals surface area (Å²) in [5.74, 6) is 0.152. The molecule has 3 aromatic carbocycles. The van der Waals surface area contributed by atoms with Crippen LogP contribution in [0.15, 0.2) is 101 Å². The number of carbonyl (C=O) groups is 1. The first-order chi connectivity index (χ1) is 18.0. The van der Waals surface area contributed by atoms with Gasteiger partial charge in [0, 0.05) is 12.2 Å². The lowest BCUT2D eigenvalue weighted by Crippen LogP contribution is -2.43. The SMILES string of the molecule is COc1ccc(NC(=O)Cn2c(=O)c3c(ncn3Cc3ccccc3)n(Cc3ccccc3)c2=O)cc1. The molecule has 2 heterocycles. The standard InChI is InChI=1S/C28H25N5O4/c1-37-23-14-12-22(13-15-23)30-24(34)18-33-27(35)25-26(29-19-31(25)16-20-8-4-2-5-9-20)32(28(33)36)17-21-10-6-3-7-11-21/h2-15,19H,16-18H2,1H3,(H,30,34). The van der Waals surface area contributed by atoms with E-state index < -0.39 is 23.7 Å². The predicted octanol–water partition coefficient (Wildman–Crippen LogP) is 3.10. The molecule has 1 amide bonds. The quantitative estimate of drug-likeness (QED) is 0.357. The molecule has 2 aromatic heterocycles. The number of anilines is 1. The Bertz CT molecular complexity index is 1650. The fourth-order valence-electron chi connectivity index (χ4n) is 4.21. The minimum Gasteiger partial charge on any atom is -0.497 e. The molecule has 0 saturated heterocycles. The lowest BCUT2D eigenvalue weighted by atomic mass is 10.2. The highest BCUT2D eigenvalue weighted by Crippen LogP contribution is 2.15. The van der Waals surface area contributed by atoms with E-state index in [4.69, 9.17) is 4.74 Å². The van der Waals surface area contributed by atoms with Crippen molar-refractivity contribution in [1.82, 2.24) is 18.7 Å². The Morgan fingerprint density at radius 3 is 2.08 bits per heavy atom. The molecule has 0 atom stereocenters. The molecule has 0 aliphatic rings. The van der Waals surface area contributed by atoms with E-state index >= 15 is 0 Å². The number of benzene rings is 3. The number of hydrogen-bond acceptors (Lipinski definition) is 5. The van der Waals surface area contributed by atoms with E-state index in [0.29, 0.717) is 18.0 Å². The monoisotopic (exact) mass is 495 g/mol. The van der Waals surface area contributed by atoms with Gasteiger partial charge in [-0.2, -0.15) is 0 Å². The summed E-state index contributed by atoms with van der Waals surface area (Å²) in [7, 11) is 1.55. The molecule has 37 heavy (non-hydrogen) atoms. The van der Waals surface area contributed by atoms with Crippen LogP contribution in [0.5, 0.6) is 5.75 Å². The van der Waals surface area contributed by atoms with Gasteiger partial charge in [-0.15, -0.1) is 0 Å². The lowest BCUT2D eigenvalue weighted by molar-refractivity contribution is -0.116. The van der Waals surface area contributed by atoms with E-state index in [0.717, 1.165) is 15.7 Å². The van der Waals surface area contributed by atoms with Crippen LogP contribution in [0.2, 0.25) is 0 Å². The van der Waals surface area contributed by atoms with Crippen LogP contribution in [-0.2, 0) is 24.4 Å². The average Bonchev–Trinajstić information content (AvgIpc) is 3.34. The largest absolute Gasteiger partial charge is 0.497 e. The van der Waals surface area contributed by atoms with Gasteiger partial charge in [-0.3, -0.25) is 14.2 Å². The molecule has 5 aromatic rings. The van der Waals surface area contributed by atoms with Crippen LogP contribution in [0.25, 0.3) is 11.2 Å². The number of amides is 1. The maximum atomic E-state index is 13.6. The smallest absolute Gasteiger partial charge is 0.333 e. The summed E-state index contributed by atoms with van der Waals surface area (Å²) < 4.78 is 9.26. The summed E-state index contributed by atoms with van der Waals surface area (Å²) in [6, 6.07) is 25.9. The highest BCUT2D eigenvalue weighted by atomic mass is 16.5. The van der Waals surface area contributed by atoms with Crippen LogP contribution in [-0.4, -0.2) is 31.7 Å². The summed E-state index contributed by atoms with van der Waals surface area (Å²) in [6.07, 6.45) is 1.56. The maximum absolute atomic E-state index is 13.6. The number of methoxy groups -OCH3 is 1. The summed E-state index contributed by atoms with van der Waals surface area (Å²) in [6.45, 7) is 0.165. The molecule has 0 aliphatic carbocycles. The number of fused-ring (bicyclic) bond motifs is 1. The summed E-state index contributed by atoms with van der Waals surface area (Å²) >= 11 is 0. The van der Waals surface area contributed by atoms with E-state index in [1.807, 2.05) is 60.7 Å². The Hall–Kier alpha value is -4.92. The third-order valence-electron chi connectivity index (χ3n) is 6.04. The second-order valence-electron chi connectivity index (χ2n) is 8.55. The topological polar surface area (TPSA) is 100 Å². The second kappa shape index (κ2) is 10.4. The van der Waals surface area contributed by atoms with Crippen molar-refractivity contribution in [2.45, 2.75) is 19.6 Å². The van der Waals surface area contributed by atoms with E-state index in [1.165, 1.54) is 4.57 Å². The number of carbonyl (C=O) groups excluding carboxylic acids is 1. The van der Waals surface area contributed by atoms with Crippen molar-refractivity contribution in [3.8, 4) is 5.75 Å². The number of nitrogens with one attached hydrogen (secondary N) is 1. The van der Waals surface area contributed by atoms with Crippen molar-refractivity contribution in [3.05, 3.63) is 123 Å². The molecule has 0 spiro atoms. The first kappa shape index (κ1) is 23.8. The van der Waals surface area contributed by atoms with Crippen molar-refractivity contribution in [2.24, 2.45) is 0 Å².